The van der Waals surface area contributed by atoms with E-state index in [4.69, 9.17) is 5.73 Å². The summed E-state index contributed by atoms with van der Waals surface area (Å²) in [5, 5.41) is 0. The SMILES string of the molecule is Cc1ccc(Br)c(C(N)C2CC2)c1. The van der Waals surface area contributed by atoms with E-state index in [9.17, 15) is 0 Å². The summed E-state index contributed by atoms with van der Waals surface area (Å²) in [5.41, 5.74) is 8.69. The van der Waals surface area contributed by atoms with Crippen molar-refractivity contribution in [3.05, 3.63) is 33.8 Å². The number of aryl methyl sites for hydroxylation is 1. The van der Waals surface area contributed by atoms with E-state index in [1.807, 2.05) is 0 Å². The third kappa shape index (κ3) is 1.94. The van der Waals surface area contributed by atoms with Crippen molar-refractivity contribution in [1.29, 1.82) is 0 Å². The van der Waals surface area contributed by atoms with Crippen LogP contribution in [0, 0.1) is 12.8 Å². The van der Waals surface area contributed by atoms with Crippen LogP contribution >= 0.6 is 15.9 Å². The summed E-state index contributed by atoms with van der Waals surface area (Å²) in [6.45, 7) is 2.11. The zero-order valence-corrected chi connectivity index (χ0v) is 9.34. The first kappa shape index (κ1) is 9.22. The van der Waals surface area contributed by atoms with Gasteiger partial charge < -0.3 is 5.73 Å². The minimum atomic E-state index is 0.231. The molecule has 0 bridgehead atoms. The topological polar surface area (TPSA) is 26.0 Å². The zero-order chi connectivity index (χ0) is 9.42. The fraction of sp³-hybridized carbons (Fsp3) is 0.455. The molecule has 2 N–H and O–H groups in total. The van der Waals surface area contributed by atoms with Gasteiger partial charge in [-0.1, -0.05) is 33.6 Å². The molecular weight excluding hydrogens is 226 g/mol. The van der Waals surface area contributed by atoms with Crippen molar-refractivity contribution < 1.29 is 0 Å². The van der Waals surface area contributed by atoms with E-state index in [0.717, 1.165) is 10.4 Å². The number of halogens is 1. The summed E-state index contributed by atoms with van der Waals surface area (Å²) in [6, 6.07) is 6.61. The number of nitrogens with two attached hydrogens (primary N) is 1. The lowest BCUT2D eigenvalue weighted by molar-refractivity contribution is 0.630. The summed E-state index contributed by atoms with van der Waals surface area (Å²) in [6.07, 6.45) is 2.59. The Balaban J connectivity index is 2.31. The van der Waals surface area contributed by atoms with Gasteiger partial charge in [-0.25, -0.2) is 0 Å². The van der Waals surface area contributed by atoms with Gasteiger partial charge in [0.25, 0.3) is 0 Å². The van der Waals surface area contributed by atoms with E-state index in [1.54, 1.807) is 0 Å². The van der Waals surface area contributed by atoms with Crippen molar-refractivity contribution in [1.82, 2.24) is 0 Å². The van der Waals surface area contributed by atoms with Crippen molar-refractivity contribution in [2.45, 2.75) is 25.8 Å². The van der Waals surface area contributed by atoms with Crippen LogP contribution in [0.25, 0.3) is 0 Å². The van der Waals surface area contributed by atoms with Crippen molar-refractivity contribution in [3.8, 4) is 0 Å². The molecule has 0 aromatic heterocycles. The van der Waals surface area contributed by atoms with Gasteiger partial charge in [0.2, 0.25) is 0 Å². The maximum Gasteiger partial charge on any atom is 0.0334 e. The molecule has 1 aliphatic carbocycles. The summed E-state index contributed by atoms with van der Waals surface area (Å²) in [5.74, 6) is 0.720. The molecule has 13 heavy (non-hydrogen) atoms. The standard InChI is InChI=1S/C11H14BrN/c1-7-2-5-10(12)9(6-7)11(13)8-3-4-8/h2,5-6,8,11H,3-4,13H2,1H3. The molecule has 1 aliphatic rings. The Bertz CT molecular complexity index is 318. The highest BCUT2D eigenvalue weighted by Gasteiger charge is 2.30. The molecule has 1 unspecified atom stereocenters. The first-order chi connectivity index (χ1) is 6.18. The largest absolute Gasteiger partial charge is 0.324 e. The van der Waals surface area contributed by atoms with Crippen LogP contribution in [0.5, 0.6) is 0 Å². The van der Waals surface area contributed by atoms with Crippen LogP contribution in [0.15, 0.2) is 22.7 Å². The van der Waals surface area contributed by atoms with E-state index in [1.165, 1.54) is 24.0 Å². The van der Waals surface area contributed by atoms with E-state index < -0.39 is 0 Å². The van der Waals surface area contributed by atoms with Crippen LogP contribution in [0.4, 0.5) is 0 Å². The lowest BCUT2D eigenvalue weighted by Crippen LogP contribution is -2.13. The van der Waals surface area contributed by atoms with Gasteiger partial charge in [0.05, 0.1) is 0 Å². The molecule has 0 heterocycles. The van der Waals surface area contributed by atoms with E-state index in [-0.39, 0.29) is 6.04 Å². The Labute approximate surface area is 87.5 Å². The number of hydrogen-bond donors (Lipinski definition) is 1. The second kappa shape index (κ2) is 3.43. The van der Waals surface area contributed by atoms with Crippen molar-refractivity contribution in [2.75, 3.05) is 0 Å². The molecule has 1 aromatic rings. The third-order valence-corrected chi connectivity index (χ3v) is 3.36. The Morgan fingerprint density at radius 3 is 2.77 bits per heavy atom. The Kier molecular flexibility index (Phi) is 2.43. The Morgan fingerprint density at radius 2 is 2.15 bits per heavy atom. The van der Waals surface area contributed by atoms with Gasteiger partial charge in [-0.15, -0.1) is 0 Å². The van der Waals surface area contributed by atoms with E-state index >= 15 is 0 Å². The van der Waals surface area contributed by atoms with E-state index in [2.05, 4.69) is 41.1 Å². The maximum atomic E-state index is 6.14. The summed E-state index contributed by atoms with van der Waals surface area (Å²) in [4.78, 5) is 0. The number of rotatable bonds is 2. The quantitative estimate of drug-likeness (QED) is 0.844. The normalized spacial score (nSPS) is 18.7. The highest BCUT2D eigenvalue weighted by Crippen LogP contribution is 2.41. The van der Waals surface area contributed by atoms with Crippen molar-refractivity contribution >= 4 is 15.9 Å². The van der Waals surface area contributed by atoms with Gasteiger partial charge in [0, 0.05) is 10.5 Å². The van der Waals surface area contributed by atoms with Gasteiger partial charge in [-0.3, -0.25) is 0 Å². The van der Waals surface area contributed by atoms with Crippen LogP contribution in [-0.4, -0.2) is 0 Å². The van der Waals surface area contributed by atoms with Crippen molar-refractivity contribution in [2.24, 2.45) is 11.7 Å². The van der Waals surface area contributed by atoms with Gasteiger partial charge in [0.15, 0.2) is 0 Å². The average Bonchev–Trinajstić information content (AvgIpc) is 2.91. The molecule has 1 saturated carbocycles. The molecule has 0 spiro atoms. The van der Waals surface area contributed by atoms with Crippen LogP contribution in [0.1, 0.15) is 30.0 Å². The molecule has 1 atom stereocenters. The molecule has 0 amide bonds. The molecule has 2 rings (SSSR count). The lowest BCUT2D eigenvalue weighted by Gasteiger charge is -2.13. The third-order valence-electron chi connectivity index (χ3n) is 2.64. The van der Waals surface area contributed by atoms with Crippen LogP contribution in [0.3, 0.4) is 0 Å². The molecule has 0 aliphatic heterocycles. The lowest BCUT2D eigenvalue weighted by atomic mass is 10.0. The summed E-state index contributed by atoms with van der Waals surface area (Å²) < 4.78 is 1.15. The van der Waals surface area contributed by atoms with Gasteiger partial charge >= 0.3 is 0 Å². The first-order valence-corrected chi connectivity index (χ1v) is 5.49. The minimum Gasteiger partial charge on any atom is -0.324 e. The Morgan fingerprint density at radius 1 is 1.46 bits per heavy atom. The second-order valence-electron chi connectivity index (χ2n) is 3.89. The minimum absolute atomic E-state index is 0.231. The highest BCUT2D eigenvalue weighted by atomic mass is 79.9. The van der Waals surface area contributed by atoms with E-state index in [0.29, 0.717) is 0 Å². The number of hydrogen-bond acceptors (Lipinski definition) is 1. The maximum absolute atomic E-state index is 6.14. The molecular formula is C11H14BrN. The highest BCUT2D eigenvalue weighted by molar-refractivity contribution is 9.10. The predicted octanol–water partition coefficient (Wildman–Crippen LogP) is 3.17. The molecule has 2 heteroatoms. The predicted molar refractivity (Wildman–Crippen MR) is 58.5 cm³/mol. The Hall–Kier alpha value is -0.340. The molecule has 1 aromatic carbocycles. The zero-order valence-electron chi connectivity index (χ0n) is 7.76. The average molecular weight is 240 g/mol. The molecule has 1 nitrogen and oxygen atoms in total. The number of benzene rings is 1. The fourth-order valence-electron chi connectivity index (χ4n) is 1.63. The van der Waals surface area contributed by atoms with Crippen LogP contribution in [0.2, 0.25) is 0 Å². The molecule has 1 fully saturated rings. The first-order valence-electron chi connectivity index (χ1n) is 4.70. The smallest absolute Gasteiger partial charge is 0.0334 e. The molecule has 0 radical (unpaired) electrons. The van der Waals surface area contributed by atoms with Gasteiger partial charge in [-0.05, 0) is 37.3 Å². The van der Waals surface area contributed by atoms with Crippen LogP contribution in [-0.2, 0) is 0 Å². The monoisotopic (exact) mass is 239 g/mol. The van der Waals surface area contributed by atoms with Gasteiger partial charge in [0.1, 0.15) is 0 Å². The summed E-state index contributed by atoms with van der Waals surface area (Å²) in [7, 11) is 0. The fourth-order valence-corrected chi connectivity index (χ4v) is 2.14. The van der Waals surface area contributed by atoms with Crippen LogP contribution < -0.4 is 5.73 Å². The second-order valence-corrected chi connectivity index (χ2v) is 4.74. The summed E-state index contributed by atoms with van der Waals surface area (Å²) >= 11 is 3.55. The van der Waals surface area contributed by atoms with Gasteiger partial charge in [-0.2, -0.15) is 0 Å². The molecule has 0 saturated heterocycles. The molecule has 70 valence electrons. The van der Waals surface area contributed by atoms with Crippen molar-refractivity contribution in [3.63, 3.8) is 0 Å².